The molecule has 0 aliphatic heterocycles. The summed E-state index contributed by atoms with van der Waals surface area (Å²) in [5, 5.41) is 6.28. The lowest BCUT2D eigenvalue weighted by Crippen LogP contribution is -2.41. The fraction of sp³-hybridized carbons (Fsp3) is 0.588. The molecular weight excluding hydrogens is 264 g/mol. The second-order valence-electron chi connectivity index (χ2n) is 5.78. The molecule has 0 spiro atoms. The molecule has 2 rings (SSSR count). The molecule has 0 saturated carbocycles. The van der Waals surface area contributed by atoms with Gasteiger partial charge in [0.25, 0.3) is 5.91 Å². The standard InChI is InChI=1S/C17H26N2O2/c1-5-11(2)19-17(20)12(3)21-16-8-6-7-13-14(16)9-10-15(13)18-4/h6-8,11-12,15,18H,5,9-10H2,1-4H3,(H,19,20). The Hall–Kier alpha value is -1.55. The number of carbonyl (C=O) groups excluding carboxylic acids is 1. The van der Waals surface area contributed by atoms with E-state index in [0.29, 0.717) is 6.04 Å². The van der Waals surface area contributed by atoms with E-state index in [1.165, 1.54) is 11.1 Å². The Morgan fingerprint density at radius 1 is 1.43 bits per heavy atom. The largest absolute Gasteiger partial charge is 0.481 e. The highest BCUT2D eigenvalue weighted by atomic mass is 16.5. The number of ether oxygens (including phenoxy) is 1. The Kier molecular flexibility index (Phi) is 5.23. The van der Waals surface area contributed by atoms with Gasteiger partial charge in [-0.15, -0.1) is 0 Å². The van der Waals surface area contributed by atoms with Crippen molar-refractivity contribution in [2.24, 2.45) is 0 Å². The van der Waals surface area contributed by atoms with Gasteiger partial charge in [-0.1, -0.05) is 19.1 Å². The summed E-state index contributed by atoms with van der Waals surface area (Å²) in [7, 11) is 1.98. The van der Waals surface area contributed by atoms with E-state index in [-0.39, 0.29) is 11.9 Å². The predicted octanol–water partition coefficient (Wildman–Crippen LogP) is 2.58. The predicted molar refractivity (Wildman–Crippen MR) is 84.5 cm³/mol. The van der Waals surface area contributed by atoms with Crippen molar-refractivity contribution < 1.29 is 9.53 Å². The quantitative estimate of drug-likeness (QED) is 0.846. The number of hydrogen-bond acceptors (Lipinski definition) is 3. The van der Waals surface area contributed by atoms with Crippen LogP contribution in [0.25, 0.3) is 0 Å². The second-order valence-corrected chi connectivity index (χ2v) is 5.78. The van der Waals surface area contributed by atoms with E-state index < -0.39 is 6.10 Å². The highest BCUT2D eigenvalue weighted by molar-refractivity contribution is 5.81. The molecule has 0 fully saturated rings. The van der Waals surface area contributed by atoms with Crippen molar-refractivity contribution in [1.29, 1.82) is 0 Å². The van der Waals surface area contributed by atoms with Crippen LogP contribution in [0.1, 0.15) is 50.8 Å². The summed E-state index contributed by atoms with van der Waals surface area (Å²) in [6.07, 6.45) is 2.53. The molecule has 4 heteroatoms. The van der Waals surface area contributed by atoms with E-state index >= 15 is 0 Å². The summed E-state index contributed by atoms with van der Waals surface area (Å²) in [4.78, 5) is 12.1. The normalized spacial score (nSPS) is 19.7. The Labute approximate surface area is 127 Å². The van der Waals surface area contributed by atoms with Crippen molar-refractivity contribution in [2.45, 2.75) is 58.2 Å². The van der Waals surface area contributed by atoms with Gasteiger partial charge in [0.1, 0.15) is 5.75 Å². The van der Waals surface area contributed by atoms with Crippen LogP contribution in [-0.2, 0) is 11.2 Å². The molecule has 0 radical (unpaired) electrons. The van der Waals surface area contributed by atoms with E-state index in [9.17, 15) is 4.79 Å². The van der Waals surface area contributed by atoms with Crippen molar-refractivity contribution in [2.75, 3.05) is 7.05 Å². The fourth-order valence-electron chi connectivity index (χ4n) is 2.74. The summed E-state index contributed by atoms with van der Waals surface area (Å²) in [6, 6.07) is 6.68. The summed E-state index contributed by atoms with van der Waals surface area (Å²) in [5.74, 6) is 0.794. The molecule has 3 atom stereocenters. The number of hydrogen-bond donors (Lipinski definition) is 2. The Morgan fingerprint density at radius 2 is 2.19 bits per heavy atom. The van der Waals surface area contributed by atoms with E-state index in [1.807, 2.05) is 33.0 Å². The number of nitrogens with one attached hydrogen (secondary N) is 2. The van der Waals surface area contributed by atoms with Crippen LogP contribution in [0.3, 0.4) is 0 Å². The number of amides is 1. The zero-order chi connectivity index (χ0) is 15.4. The number of fused-ring (bicyclic) bond motifs is 1. The van der Waals surface area contributed by atoms with Crippen LogP contribution in [0.2, 0.25) is 0 Å². The Balaban J connectivity index is 2.07. The van der Waals surface area contributed by atoms with Crippen LogP contribution in [0.15, 0.2) is 18.2 Å². The van der Waals surface area contributed by atoms with Gasteiger partial charge in [0.15, 0.2) is 6.10 Å². The smallest absolute Gasteiger partial charge is 0.260 e. The maximum Gasteiger partial charge on any atom is 0.260 e. The molecule has 21 heavy (non-hydrogen) atoms. The summed E-state index contributed by atoms with van der Waals surface area (Å²) in [6.45, 7) is 5.86. The van der Waals surface area contributed by atoms with Gasteiger partial charge in [-0.2, -0.15) is 0 Å². The summed E-state index contributed by atoms with van der Waals surface area (Å²) >= 11 is 0. The van der Waals surface area contributed by atoms with Crippen molar-refractivity contribution in [3.63, 3.8) is 0 Å². The van der Waals surface area contributed by atoms with Gasteiger partial charge in [0, 0.05) is 12.1 Å². The number of carbonyl (C=O) groups is 1. The minimum absolute atomic E-state index is 0.0508. The molecule has 1 aromatic carbocycles. The molecule has 0 bridgehead atoms. The highest BCUT2D eigenvalue weighted by Gasteiger charge is 2.25. The molecule has 116 valence electrons. The lowest BCUT2D eigenvalue weighted by molar-refractivity contribution is -0.127. The fourth-order valence-corrected chi connectivity index (χ4v) is 2.74. The number of benzene rings is 1. The van der Waals surface area contributed by atoms with Crippen LogP contribution in [-0.4, -0.2) is 25.1 Å². The minimum Gasteiger partial charge on any atom is -0.481 e. The third-order valence-electron chi connectivity index (χ3n) is 4.25. The molecule has 4 nitrogen and oxygen atoms in total. The van der Waals surface area contributed by atoms with Crippen LogP contribution in [0, 0.1) is 0 Å². The second kappa shape index (κ2) is 6.94. The summed E-state index contributed by atoms with van der Waals surface area (Å²) < 4.78 is 5.92. The van der Waals surface area contributed by atoms with E-state index in [2.05, 4.69) is 23.6 Å². The third-order valence-corrected chi connectivity index (χ3v) is 4.25. The first kappa shape index (κ1) is 15.8. The number of rotatable bonds is 6. The first-order chi connectivity index (χ1) is 10.1. The van der Waals surface area contributed by atoms with Gasteiger partial charge >= 0.3 is 0 Å². The van der Waals surface area contributed by atoms with Crippen molar-refractivity contribution in [1.82, 2.24) is 10.6 Å². The molecule has 0 heterocycles. The topological polar surface area (TPSA) is 50.4 Å². The minimum atomic E-state index is -0.473. The molecule has 0 aromatic heterocycles. The zero-order valence-electron chi connectivity index (χ0n) is 13.4. The lowest BCUT2D eigenvalue weighted by Gasteiger charge is -2.19. The molecule has 1 amide bonds. The molecule has 0 saturated heterocycles. The molecule has 1 aliphatic rings. The van der Waals surface area contributed by atoms with Crippen LogP contribution >= 0.6 is 0 Å². The molecule has 1 aliphatic carbocycles. The van der Waals surface area contributed by atoms with Crippen LogP contribution in [0.5, 0.6) is 5.75 Å². The van der Waals surface area contributed by atoms with Gasteiger partial charge < -0.3 is 15.4 Å². The molecular formula is C17H26N2O2. The maximum atomic E-state index is 12.1. The van der Waals surface area contributed by atoms with Gasteiger partial charge in [-0.05, 0) is 57.4 Å². The highest BCUT2D eigenvalue weighted by Crippen LogP contribution is 2.36. The monoisotopic (exact) mass is 290 g/mol. The van der Waals surface area contributed by atoms with Gasteiger partial charge in [0.2, 0.25) is 0 Å². The third kappa shape index (κ3) is 3.56. The SMILES string of the molecule is CCC(C)NC(=O)C(C)Oc1cccc2c1CCC2NC. The van der Waals surface area contributed by atoms with Crippen molar-refractivity contribution in [3.8, 4) is 5.75 Å². The Bertz CT molecular complexity index is 502. The average molecular weight is 290 g/mol. The van der Waals surface area contributed by atoms with E-state index in [0.717, 1.165) is 25.0 Å². The van der Waals surface area contributed by atoms with Crippen molar-refractivity contribution in [3.05, 3.63) is 29.3 Å². The van der Waals surface area contributed by atoms with Crippen LogP contribution in [0.4, 0.5) is 0 Å². The van der Waals surface area contributed by atoms with E-state index in [1.54, 1.807) is 0 Å². The molecule has 2 N–H and O–H groups in total. The molecule has 1 aromatic rings. The molecule has 3 unspecified atom stereocenters. The van der Waals surface area contributed by atoms with E-state index in [4.69, 9.17) is 4.74 Å². The van der Waals surface area contributed by atoms with Crippen LogP contribution < -0.4 is 15.4 Å². The van der Waals surface area contributed by atoms with Gasteiger partial charge in [-0.3, -0.25) is 4.79 Å². The average Bonchev–Trinajstić information content (AvgIpc) is 2.91. The van der Waals surface area contributed by atoms with Gasteiger partial charge in [0.05, 0.1) is 0 Å². The van der Waals surface area contributed by atoms with Gasteiger partial charge in [-0.25, -0.2) is 0 Å². The Morgan fingerprint density at radius 3 is 2.86 bits per heavy atom. The first-order valence-electron chi connectivity index (χ1n) is 7.82. The maximum absolute atomic E-state index is 12.1. The lowest BCUT2D eigenvalue weighted by atomic mass is 10.1. The first-order valence-corrected chi connectivity index (χ1v) is 7.82. The zero-order valence-corrected chi connectivity index (χ0v) is 13.4. The summed E-state index contributed by atoms with van der Waals surface area (Å²) in [5.41, 5.74) is 2.53. The van der Waals surface area contributed by atoms with Crippen molar-refractivity contribution >= 4 is 5.91 Å².